The quantitative estimate of drug-likeness (QED) is 0.859. The number of aliphatic hydroxyl groups is 1. The van der Waals surface area contributed by atoms with E-state index in [1.807, 2.05) is 20.8 Å². The standard InChI is InChI=1S/C12H19FN2O2S/c1-12(2,3)18(17)15-10(6-8-16)11-9(13)5-4-7-14-11/h4-5,7,10,15-16H,6,8H2,1-3H3. The SMILES string of the molecule is CC(C)(C)S(=O)NC(CCO)c1ncccc1F. The minimum Gasteiger partial charge on any atom is -0.396 e. The van der Waals surface area contributed by atoms with Crippen molar-refractivity contribution in [2.24, 2.45) is 0 Å². The van der Waals surface area contributed by atoms with Gasteiger partial charge >= 0.3 is 0 Å². The molecule has 0 fully saturated rings. The fraction of sp³-hybridized carbons (Fsp3) is 0.583. The summed E-state index contributed by atoms with van der Waals surface area (Å²) in [4.78, 5) is 3.95. The van der Waals surface area contributed by atoms with E-state index in [0.29, 0.717) is 0 Å². The summed E-state index contributed by atoms with van der Waals surface area (Å²) < 4.78 is 28.0. The Labute approximate surface area is 109 Å². The van der Waals surface area contributed by atoms with E-state index in [4.69, 9.17) is 5.11 Å². The van der Waals surface area contributed by atoms with E-state index in [0.717, 1.165) is 0 Å². The summed E-state index contributed by atoms with van der Waals surface area (Å²) in [6, 6.07) is 2.24. The molecule has 18 heavy (non-hydrogen) atoms. The summed E-state index contributed by atoms with van der Waals surface area (Å²) in [6.07, 6.45) is 1.74. The average Bonchev–Trinajstić information content (AvgIpc) is 2.28. The number of hydrogen-bond acceptors (Lipinski definition) is 3. The highest BCUT2D eigenvalue weighted by Gasteiger charge is 2.25. The molecule has 4 nitrogen and oxygen atoms in total. The number of aliphatic hydroxyl groups excluding tert-OH is 1. The Kier molecular flexibility index (Phi) is 5.37. The summed E-state index contributed by atoms with van der Waals surface area (Å²) in [6.45, 7) is 5.33. The van der Waals surface area contributed by atoms with E-state index >= 15 is 0 Å². The second-order valence-electron chi connectivity index (χ2n) is 4.93. The first-order chi connectivity index (χ1) is 8.36. The number of rotatable bonds is 5. The predicted octanol–water partition coefficient (Wildman–Crippen LogP) is 1.70. The molecule has 6 heteroatoms. The van der Waals surface area contributed by atoms with Gasteiger partial charge in [0.2, 0.25) is 0 Å². The Morgan fingerprint density at radius 3 is 2.72 bits per heavy atom. The van der Waals surface area contributed by atoms with Gasteiger partial charge in [-0.15, -0.1) is 0 Å². The Balaban J connectivity index is 2.91. The molecule has 0 saturated carbocycles. The molecule has 0 aliphatic rings. The predicted molar refractivity (Wildman–Crippen MR) is 69.7 cm³/mol. The lowest BCUT2D eigenvalue weighted by molar-refractivity contribution is 0.270. The van der Waals surface area contributed by atoms with Crippen LogP contribution in [0.15, 0.2) is 18.3 Å². The van der Waals surface area contributed by atoms with Crippen LogP contribution < -0.4 is 4.72 Å². The maximum absolute atomic E-state index is 13.6. The Hall–Kier alpha value is -0.850. The average molecular weight is 274 g/mol. The van der Waals surface area contributed by atoms with Crippen molar-refractivity contribution in [1.29, 1.82) is 0 Å². The van der Waals surface area contributed by atoms with Crippen LogP contribution in [0, 0.1) is 5.82 Å². The molecule has 0 saturated heterocycles. The van der Waals surface area contributed by atoms with Gasteiger partial charge in [-0.3, -0.25) is 4.98 Å². The molecule has 2 atom stereocenters. The van der Waals surface area contributed by atoms with Gasteiger partial charge in [0.25, 0.3) is 0 Å². The van der Waals surface area contributed by atoms with Crippen molar-refractivity contribution in [3.8, 4) is 0 Å². The van der Waals surface area contributed by atoms with Crippen molar-refractivity contribution in [2.75, 3.05) is 6.61 Å². The molecule has 1 aromatic heterocycles. The molecule has 0 aliphatic heterocycles. The lowest BCUT2D eigenvalue weighted by Crippen LogP contribution is -2.36. The van der Waals surface area contributed by atoms with Crippen LogP contribution in [0.25, 0.3) is 0 Å². The molecule has 2 unspecified atom stereocenters. The zero-order valence-electron chi connectivity index (χ0n) is 10.8. The van der Waals surface area contributed by atoms with Crippen LogP contribution in [-0.2, 0) is 11.0 Å². The third-order valence-corrected chi connectivity index (χ3v) is 3.95. The van der Waals surface area contributed by atoms with Gasteiger partial charge in [0.1, 0.15) is 5.82 Å². The van der Waals surface area contributed by atoms with Gasteiger partial charge in [-0.25, -0.2) is 13.3 Å². The Bertz CT molecular complexity index is 421. The normalized spacial score (nSPS) is 15.4. The van der Waals surface area contributed by atoms with Crippen LogP contribution in [0.3, 0.4) is 0 Å². The monoisotopic (exact) mass is 274 g/mol. The lowest BCUT2D eigenvalue weighted by Gasteiger charge is -2.23. The lowest BCUT2D eigenvalue weighted by atomic mass is 10.1. The van der Waals surface area contributed by atoms with E-state index < -0.39 is 27.6 Å². The summed E-state index contributed by atoms with van der Waals surface area (Å²) in [7, 11) is -1.35. The fourth-order valence-corrected chi connectivity index (χ4v) is 2.18. The number of aromatic nitrogens is 1. The highest BCUT2D eigenvalue weighted by molar-refractivity contribution is 7.84. The van der Waals surface area contributed by atoms with Crippen molar-refractivity contribution >= 4 is 11.0 Å². The Morgan fingerprint density at radius 1 is 1.56 bits per heavy atom. The topological polar surface area (TPSA) is 62.2 Å². The fourth-order valence-electron chi connectivity index (χ4n) is 1.34. The van der Waals surface area contributed by atoms with Gasteiger partial charge in [-0.05, 0) is 39.3 Å². The van der Waals surface area contributed by atoms with Crippen molar-refractivity contribution in [3.05, 3.63) is 29.8 Å². The molecule has 0 spiro atoms. The smallest absolute Gasteiger partial charge is 0.146 e. The summed E-state index contributed by atoms with van der Waals surface area (Å²) in [5.74, 6) is -0.464. The molecule has 0 bridgehead atoms. The number of nitrogens with zero attached hydrogens (tertiary/aromatic N) is 1. The maximum Gasteiger partial charge on any atom is 0.146 e. The molecule has 0 aromatic carbocycles. The van der Waals surface area contributed by atoms with E-state index in [1.165, 1.54) is 18.3 Å². The summed E-state index contributed by atoms with van der Waals surface area (Å²) >= 11 is 0. The largest absolute Gasteiger partial charge is 0.396 e. The molecule has 2 N–H and O–H groups in total. The van der Waals surface area contributed by atoms with Gasteiger partial charge < -0.3 is 5.11 Å². The van der Waals surface area contributed by atoms with Crippen LogP contribution in [-0.4, -0.2) is 25.7 Å². The van der Waals surface area contributed by atoms with Crippen molar-refractivity contribution in [3.63, 3.8) is 0 Å². The van der Waals surface area contributed by atoms with E-state index in [1.54, 1.807) is 0 Å². The zero-order chi connectivity index (χ0) is 13.8. The first kappa shape index (κ1) is 15.2. The summed E-state index contributed by atoms with van der Waals surface area (Å²) in [5.41, 5.74) is 0.184. The maximum atomic E-state index is 13.6. The van der Waals surface area contributed by atoms with Crippen LogP contribution >= 0.6 is 0 Å². The van der Waals surface area contributed by atoms with Crippen molar-refractivity contribution in [2.45, 2.75) is 38.0 Å². The molecule has 0 aliphatic carbocycles. The molecule has 102 valence electrons. The van der Waals surface area contributed by atoms with Gasteiger partial charge in [0, 0.05) is 12.8 Å². The molecule has 1 aromatic rings. The van der Waals surface area contributed by atoms with E-state index in [-0.39, 0.29) is 18.7 Å². The molecule has 0 amide bonds. The van der Waals surface area contributed by atoms with E-state index in [9.17, 15) is 8.60 Å². The van der Waals surface area contributed by atoms with Crippen molar-refractivity contribution in [1.82, 2.24) is 9.71 Å². The number of hydrogen-bond donors (Lipinski definition) is 2. The molecule has 1 rings (SSSR count). The van der Waals surface area contributed by atoms with Crippen LogP contribution in [0.2, 0.25) is 0 Å². The number of pyridine rings is 1. The first-order valence-electron chi connectivity index (χ1n) is 5.75. The van der Waals surface area contributed by atoms with Crippen molar-refractivity contribution < 1.29 is 13.7 Å². The number of halogens is 1. The zero-order valence-corrected chi connectivity index (χ0v) is 11.6. The van der Waals surface area contributed by atoms with Crippen LogP contribution in [0.1, 0.15) is 38.9 Å². The number of nitrogens with one attached hydrogen (secondary N) is 1. The molecular formula is C12H19FN2O2S. The minimum absolute atomic E-state index is 0.130. The van der Waals surface area contributed by atoms with Crippen LogP contribution in [0.4, 0.5) is 4.39 Å². The summed E-state index contributed by atoms with van der Waals surface area (Å²) in [5, 5.41) is 9.02. The van der Waals surface area contributed by atoms with Gasteiger partial charge in [-0.1, -0.05) is 0 Å². The van der Waals surface area contributed by atoms with Gasteiger partial charge in [0.15, 0.2) is 0 Å². The molecular weight excluding hydrogens is 255 g/mol. The minimum atomic E-state index is -1.35. The van der Waals surface area contributed by atoms with E-state index in [2.05, 4.69) is 9.71 Å². The second-order valence-corrected chi connectivity index (χ2v) is 6.93. The highest BCUT2D eigenvalue weighted by Crippen LogP contribution is 2.20. The third kappa shape index (κ3) is 4.12. The van der Waals surface area contributed by atoms with Crippen LogP contribution in [0.5, 0.6) is 0 Å². The Morgan fingerprint density at radius 2 is 2.22 bits per heavy atom. The third-order valence-electron chi connectivity index (χ3n) is 2.34. The molecule has 0 radical (unpaired) electrons. The molecule has 1 heterocycles. The van der Waals surface area contributed by atoms with Gasteiger partial charge in [0.05, 0.1) is 27.5 Å². The first-order valence-corrected chi connectivity index (χ1v) is 6.90. The second kappa shape index (κ2) is 6.36. The van der Waals surface area contributed by atoms with Gasteiger partial charge in [-0.2, -0.15) is 0 Å². The highest BCUT2D eigenvalue weighted by atomic mass is 32.2.